The molecule has 0 amide bonds. The molecule has 0 aliphatic rings. The molecule has 0 saturated carbocycles. The summed E-state index contributed by atoms with van der Waals surface area (Å²) in [7, 11) is 0. The number of aryl methyl sites for hydroxylation is 1. The third kappa shape index (κ3) is 2.84. The largest absolute Gasteiger partial charge is 0.325 e. The molecule has 0 aliphatic heterocycles. The summed E-state index contributed by atoms with van der Waals surface area (Å²) in [6.45, 7) is 1.90. The summed E-state index contributed by atoms with van der Waals surface area (Å²) in [5.74, 6) is 0.511. The lowest BCUT2D eigenvalue weighted by molar-refractivity contribution is 0.926. The Balaban J connectivity index is 2.13. The molecule has 1 heterocycles. The second-order valence-corrected chi connectivity index (χ2v) is 4.72. The number of para-hydroxylation sites is 2. The van der Waals surface area contributed by atoms with Gasteiger partial charge in [-0.25, -0.2) is 0 Å². The van der Waals surface area contributed by atoms with E-state index < -0.39 is 0 Å². The predicted octanol–water partition coefficient (Wildman–Crippen LogP) is 3.28. The summed E-state index contributed by atoms with van der Waals surface area (Å²) < 4.78 is 1.92. The van der Waals surface area contributed by atoms with E-state index in [9.17, 15) is 4.79 Å². The average molecular weight is 277 g/mol. The molecule has 2 aromatic carbocycles. The number of benzene rings is 2. The van der Waals surface area contributed by atoms with Crippen LogP contribution in [-0.4, -0.2) is 9.55 Å². The quantitative estimate of drug-likeness (QED) is 0.799. The van der Waals surface area contributed by atoms with Crippen LogP contribution in [0.25, 0.3) is 5.69 Å². The molecular formula is C17H15N3O. The van der Waals surface area contributed by atoms with Crippen LogP contribution in [0.1, 0.15) is 5.69 Å². The van der Waals surface area contributed by atoms with Gasteiger partial charge in [0.1, 0.15) is 0 Å². The summed E-state index contributed by atoms with van der Waals surface area (Å²) in [5, 5.41) is 3.20. The molecule has 104 valence electrons. The van der Waals surface area contributed by atoms with Crippen LogP contribution in [0.3, 0.4) is 0 Å². The Morgan fingerprint density at radius 2 is 1.57 bits per heavy atom. The van der Waals surface area contributed by atoms with E-state index in [0.717, 1.165) is 17.1 Å². The second kappa shape index (κ2) is 5.63. The van der Waals surface area contributed by atoms with Crippen LogP contribution in [0, 0.1) is 6.92 Å². The number of aromatic nitrogens is 2. The van der Waals surface area contributed by atoms with Crippen LogP contribution in [0.4, 0.5) is 11.6 Å². The van der Waals surface area contributed by atoms with Gasteiger partial charge in [0.25, 0.3) is 5.56 Å². The van der Waals surface area contributed by atoms with E-state index >= 15 is 0 Å². The number of nitrogens with one attached hydrogen (secondary N) is 1. The van der Waals surface area contributed by atoms with Gasteiger partial charge in [-0.05, 0) is 31.2 Å². The van der Waals surface area contributed by atoms with Gasteiger partial charge in [0.2, 0.25) is 5.95 Å². The maximum atomic E-state index is 11.7. The van der Waals surface area contributed by atoms with Crippen molar-refractivity contribution in [2.75, 3.05) is 5.32 Å². The van der Waals surface area contributed by atoms with E-state index in [4.69, 9.17) is 0 Å². The minimum Gasteiger partial charge on any atom is -0.325 e. The minimum absolute atomic E-state index is 0.252. The minimum atomic E-state index is -0.252. The highest BCUT2D eigenvalue weighted by atomic mass is 16.1. The van der Waals surface area contributed by atoms with Gasteiger partial charge in [-0.2, -0.15) is 4.98 Å². The first-order valence-corrected chi connectivity index (χ1v) is 6.72. The Hall–Kier alpha value is -2.88. The fourth-order valence-electron chi connectivity index (χ4n) is 2.23. The zero-order chi connectivity index (χ0) is 14.7. The summed E-state index contributed by atoms with van der Waals surface area (Å²) in [6, 6.07) is 21.0. The van der Waals surface area contributed by atoms with Gasteiger partial charge in [0.15, 0.2) is 0 Å². The zero-order valence-corrected chi connectivity index (χ0v) is 11.7. The highest BCUT2D eigenvalue weighted by Gasteiger charge is 2.08. The summed E-state index contributed by atoms with van der Waals surface area (Å²) in [5.41, 5.74) is 2.43. The monoisotopic (exact) mass is 277 g/mol. The number of nitrogens with zero attached hydrogens (tertiary/aromatic N) is 2. The van der Waals surface area contributed by atoms with Gasteiger partial charge in [-0.3, -0.25) is 9.36 Å². The maximum Gasteiger partial charge on any atom is 0.274 e. The van der Waals surface area contributed by atoms with E-state index in [1.54, 1.807) is 0 Å². The molecule has 0 fully saturated rings. The molecule has 4 nitrogen and oxygen atoms in total. The Morgan fingerprint density at radius 3 is 2.24 bits per heavy atom. The molecule has 0 atom stereocenters. The molecule has 4 heteroatoms. The summed E-state index contributed by atoms with van der Waals surface area (Å²) in [4.78, 5) is 15.8. The zero-order valence-electron chi connectivity index (χ0n) is 11.7. The average Bonchev–Trinajstić information content (AvgIpc) is 2.48. The fourth-order valence-corrected chi connectivity index (χ4v) is 2.23. The molecule has 0 unspecified atom stereocenters. The van der Waals surface area contributed by atoms with Crippen molar-refractivity contribution >= 4 is 11.6 Å². The second-order valence-electron chi connectivity index (χ2n) is 4.72. The van der Waals surface area contributed by atoms with E-state index in [-0.39, 0.29) is 5.56 Å². The predicted molar refractivity (Wildman–Crippen MR) is 84.3 cm³/mol. The fraction of sp³-hybridized carbons (Fsp3) is 0.0588. The normalized spacial score (nSPS) is 10.3. The van der Waals surface area contributed by atoms with Crippen LogP contribution in [0.15, 0.2) is 71.5 Å². The van der Waals surface area contributed by atoms with Crippen molar-refractivity contribution < 1.29 is 0 Å². The topological polar surface area (TPSA) is 46.9 Å². The number of anilines is 2. The van der Waals surface area contributed by atoms with E-state index in [2.05, 4.69) is 10.3 Å². The lowest BCUT2D eigenvalue weighted by atomic mass is 10.3. The van der Waals surface area contributed by atoms with Crippen molar-refractivity contribution in [2.24, 2.45) is 0 Å². The summed E-state index contributed by atoms with van der Waals surface area (Å²) in [6.07, 6.45) is 0. The van der Waals surface area contributed by atoms with E-state index in [1.807, 2.05) is 72.2 Å². The molecule has 0 spiro atoms. The van der Waals surface area contributed by atoms with Gasteiger partial charge in [-0.1, -0.05) is 36.4 Å². The highest BCUT2D eigenvalue weighted by molar-refractivity contribution is 5.56. The van der Waals surface area contributed by atoms with Crippen LogP contribution in [-0.2, 0) is 0 Å². The molecule has 21 heavy (non-hydrogen) atoms. The van der Waals surface area contributed by atoms with E-state index in [1.165, 1.54) is 6.07 Å². The first kappa shape index (κ1) is 13.1. The molecule has 3 rings (SSSR count). The Morgan fingerprint density at radius 1 is 0.952 bits per heavy atom. The Kier molecular flexibility index (Phi) is 3.51. The maximum absolute atomic E-state index is 11.7. The van der Waals surface area contributed by atoms with Gasteiger partial charge in [0.05, 0.1) is 0 Å². The third-order valence-corrected chi connectivity index (χ3v) is 3.16. The smallest absolute Gasteiger partial charge is 0.274 e. The van der Waals surface area contributed by atoms with Gasteiger partial charge >= 0.3 is 0 Å². The first-order valence-electron chi connectivity index (χ1n) is 6.72. The molecule has 1 aromatic heterocycles. The van der Waals surface area contributed by atoms with Crippen molar-refractivity contribution in [1.82, 2.24) is 9.55 Å². The molecule has 0 bridgehead atoms. The Bertz CT molecular complexity index is 795. The molecular weight excluding hydrogens is 262 g/mol. The Labute approximate surface area is 122 Å². The van der Waals surface area contributed by atoms with Gasteiger partial charge in [-0.15, -0.1) is 0 Å². The molecule has 0 saturated heterocycles. The van der Waals surface area contributed by atoms with Crippen molar-refractivity contribution in [3.63, 3.8) is 0 Å². The van der Waals surface area contributed by atoms with Crippen molar-refractivity contribution in [3.8, 4) is 5.69 Å². The first-order chi connectivity index (χ1) is 10.2. The highest BCUT2D eigenvalue weighted by Crippen LogP contribution is 2.19. The van der Waals surface area contributed by atoms with E-state index in [0.29, 0.717) is 5.95 Å². The number of hydrogen-bond donors (Lipinski definition) is 1. The molecule has 1 N–H and O–H groups in total. The van der Waals surface area contributed by atoms with Gasteiger partial charge < -0.3 is 5.32 Å². The van der Waals surface area contributed by atoms with Crippen LogP contribution < -0.4 is 10.9 Å². The van der Waals surface area contributed by atoms with Gasteiger partial charge in [0, 0.05) is 23.1 Å². The standard InChI is InChI=1S/C17H15N3O/c1-13-12-16(21)19-17(18-14-8-4-2-5-9-14)20(13)15-10-6-3-7-11-15/h2-12H,1H3,(H,18,19,21). The molecule has 0 radical (unpaired) electrons. The van der Waals surface area contributed by atoms with Crippen LogP contribution >= 0.6 is 0 Å². The molecule has 3 aromatic rings. The van der Waals surface area contributed by atoms with Crippen molar-refractivity contribution in [2.45, 2.75) is 6.92 Å². The SMILES string of the molecule is Cc1cc(=O)nc(Nc2ccccc2)n1-c1ccccc1. The number of rotatable bonds is 3. The van der Waals surface area contributed by atoms with Crippen molar-refractivity contribution in [3.05, 3.63) is 82.8 Å². The third-order valence-electron chi connectivity index (χ3n) is 3.16. The lowest BCUT2D eigenvalue weighted by Gasteiger charge is -2.16. The van der Waals surface area contributed by atoms with Crippen molar-refractivity contribution in [1.29, 1.82) is 0 Å². The number of hydrogen-bond acceptors (Lipinski definition) is 3. The van der Waals surface area contributed by atoms with Crippen LogP contribution in [0.5, 0.6) is 0 Å². The lowest BCUT2D eigenvalue weighted by Crippen LogP contribution is -2.17. The van der Waals surface area contributed by atoms with Crippen LogP contribution in [0.2, 0.25) is 0 Å². The molecule has 0 aliphatic carbocycles. The summed E-state index contributed by atoms with van der Waals surface area (Å²) >= 11 is 0.